The van der Waals surface area contributed by atoms with Gasteiger partial charge in [0.15, 0.2) is 17.3 Å². The Morgan fingerprint density at radius 3 is 2.33 bits per heavy atom. The van der Waals surface area contributed by atoms with Gasteiger partial charge in [-0.1, -0.05) is 109 Å². The Bertz CT molecular complexity index is 1890. The van der Waals surface area contributed by atoms with Gasteiger partial charge in [0.25, 0.3) is 0 Å². The topological polar surface area (TPSA) is 163 Å². The van der Waals surface area contributed by atoms with Gasteiger partial charge in [0.2, 0.25) is 11.8 Å². The van der Waals surface area contributed by atoms with E-state index in [0.29, 0.717) is 69.1 Å². The van der Waals surface area contributed by atoms with Crippen LogP contribution < -0.4 is 16.4 Å². The third kappa shape index (κ3) is 12.0. The van der Waals surface area contributed by atoms with Crippen LogP contribution in [0.25, 0.3) is 11.1 Å². The first-order chi connectivity index (χ1) is 30.1. The smallest absolute Gasteiger partial charge is 0.405 e. The number of nitrogens with one attached hydrogen (secondary N) is 2. The molecule has 12 heteroatoms. The van der Waals surface area contributed by atoms with Crippen molar-refractivity contribution in [1.82, 2.24) is 10.6 Å². The predicted octanol–water partition coefficient (Wildman–Crippen LogP) is 8.25. The van der Waals surface area contributed by atoms with E-state index in [-0.39, 0.29) is 72.1 Å². The number of unbranched alkanes of at least 4 members (excludes halogenated alkanes) is 2. The summed E-state index contributed by atoms with van der Waals surface area (Å²) >= 11 is 0. The summed E-state index contributed by atoms with van der Waals surface area (Å²) < 4.78 is 19.1. The van der Waals surface area contributed by atoms with E-state index in [1.165, 1.54) is 5.56 Å². The lowest BCUT2D eigenvalue weighted by molar-refractivity contribution is -0.199. The second kappa shape index (κ2) is 22.0. The second-order valence-corrected chi connectivity index (χ2v) is 20.1. The van der Waals surface area contributed by atoms with Crippen LogP contribution in [0, 0.1) is 29.1 Å². The van der Waals surface area contributed by atoms with Crippen molar-refractivity contribution in [2.75, 3.05) is 19.8 Å². The number of aryl methyl sites for hydroxylation is 1. The molecule has 5 fully saturated rings. The van der Waals surface area contributed by atoms with Crippen LogP contribution in [0.5, 0.6) is 0 Å². The summed E-state index contributed by atoms with van der Waals surface area (Å²) in [5, 5.41) is 5.91. The number of ether oxygens (including phenoxy) is 1. The van der Waals surface area contributed by atoms with Crippen molar-refractivity contribution in [3.05, 3.63) is 59.7 Å². The quantitative estimate of drug-likeness (QED) is 0.0808. The summed E-state index contributed by atoms with van der Waals surface area (Å²) in [5.74, 6) is -1.93. The zero-order valence-electron chi connectivity index (χ0n) is 38.9. The number of carbonyl (C=O) groups is 5. The zero-order valence-corrected chi connectivity index (χ0v) is 38.9. The van der Waals surface area contributed by atoms with Crippen molar-refractivity contribution in [3.63, 3.8) is 0 Å². The molecule has 3 aliphatic carbocycles. The molecule has 0 radical (unpaired) electrons. The number of rotatable bonds is 17. The van der Waals surface area contributed by atoms with Crippen molar-refractivity contribution in [1.29, 1.82) is 0 Å². The molecule has 2 amide bonds. The molecule has 0 aromatic heterocycles. The van der Waals surface area contributed by atoms with Crippen LogP contribution in [0.2, 0.25) is 5.82 Å². The molecule has 2 aromatic rings. The summed E-state index contributed by atoms with van der Waals surface area (Å²) in [7, 11) is -0.483. The molecule has 2 aliphatic heterocycles. The van der Waals surface area contributed by atoms with E-state index in [1.807, 2.05) is 31.2 Å². The molecule has 3 saturated carbocycles. The SMILES string of the molecule is CCCCc1ccc(-c2ccc(C(=O)C[C@@H](CCCCN)C(=O)N[C@H]3COCCCCC[C@@H](C(=O)C[C@@H](C)B4O[C@@H]5C[C@@H]6C[C@@H](C6(C)C)[C@]5(C)O4)NC(=O)[C@H](C)CC3=O)cc2)cc1. The Morgan fingerprint density at radius 1 is 0.937 bits per heavy atom. The number of ketones is 3. The van der Waals surface area contributed by atoms with Gasteiger partial charge in [-0.25, -0.2) is 0 Å². The number of nitrogens with two attached hydrogens (primary N) is 1. The maximum atomic E-state index is 14.0. The van der Waals surface area contributed by atoms with E-state index in [0.717, 1.165) is 49.7 Å². The molecule has 7 rings (SSSR count). The van der Waals surface area contributed by atoms with E-state index < -0.39 is 36.9 Å². The van der Waals surface area contributed by atoms with Gasteiger partial charge < -0.3 is 30.4 Å². The van der Waals surface area contributed by atoms with Crippen LogP contribution in [0.15, 0.2) is 48.5 Å². The molecular formula is C51H74BN3O8. The van der Waals surface area contributed by atoms with Crippen LogP contribution in [0.4, 0.5) is 0 Å². The van der Waals surface area contributed by atoms with Crippen molar-refractivity contribution in [2.45, 2.75) is 167 Å². The molecule has 0 spiro atoms. The number of hydrogen-bond donors (Lipinski definition) is 3. The molecule has 4 N–H and O–H groups in total. The third-order valence-corrected chi connectivity index (χ3v) is 15.0. The highest BCUT2D eigenvalue weighted by atomic mass is 16.7. The van der Waals surface area contributed by atoms with Gasteiger partial charge in [0, 0.05) is 43.3 Å². The summed E-state index contributed by atoms with van der Waals surface area (Å²) in [6, 6.07) is 14.3. The number of amides is 2. The molecule has 344 valence electrons. The lowest BCUT2D eigenvalue weighted by atomic mass is 9.43. The first-order valence-electron chi connectivity index (χ1n) is 24.1. The minimum absolute atomic E-state index is 0.0193. The average Bonchev–Trinajstić information content (AvgIpc) is 3.64. The van der Waals surface area contributed by atoms with Gasteiger partial charge in [0.1, 0.15) is 6.04 Å². The zero-order chi connectivity index (χ0) is 45.3. The fourth-order valence-corrected chi connectivity index (χ4v) is 10.6. The molecular weight excluding hydrogens is 793 g/mol. The minimum atomic E-state index is -0.998. The summed E-state index contributed by atoms with van der Waals surface area (Å²) in [6.07, 6.45) is 9.99. The Morgan fingerprint density at radius 2 is 1.65 bits per heavy atom. The molecule has 2 aromatic carbocycles. The molecule has 63 heavy (non-hydrogen) atoms. The average molecular weight is 868 g/mol. The van der Waals surface area contributed by atoms with E-state index in [1.54, 1.807) is 6.92 Å². The van der Waals surface area contributed by atoms with Gasteiger partial charge in [-0.05, 0) is 105 Å². The lowest BCUT2D eigenvalue weighted by Gasteiger charge is -2.64. The normalized spacial score (nSPS) is 28.5. The van der Waals surface area contributed by atoms with Crippen LogP contribution >= 0.6 is 0 Å². The van der Waals surface area contributed by atoms with Gasteiger partial charge >= 0.3 is 7.12 Å². The molecule has 11 nitrogen and oxygen atoms in total. The van der Waals surface area contributed by atoms with Crippen molar-refractivity contribution < 1.29 is 38.0 Å². The molecule has 2 bridgehead atoms. The monoisotopic (exact) mass is 868 g/mol. The lowest BCUT2D eigenvalue weighted by Crippen LogP contribution is -2.65. The van der Waals surface area contributed by atoms with Crippen LogP contribution in [-0.4, -0.2) is 79.8 Å². The highest BCUT2D eigenvalue weighted by Gasteiger charge is 2.68. The van der Waals surface area contributed by atoms with Gasteiger partial charge in [-0.2, -0.15) is 0 Å². The first kappa shape index (κ1) is 48.7. The Hall–Kier alpha value is -3.71. The van der Waals surface area contributed by atoms with E-state index >= 15 is 0 Å². The van der Waals surface area contributed by atoms with Crippen molar-refractivity contribution in [2.24, 2.45) is 34.8 Å². The predicted molar refractivity (Wildman–Crippen MR) is 247 cm³/mol. The molecule has 2 saturated heterocycles. The summed E-state index contributed by atoms with van der Waals surface area (Å²) in [6.45, 7) is 13.5. The highest BCUT2D eigenvalue weighted by molar-refractivity contribution is 6.47. The van der Waals surface area contributed by atoms with E-state index in [2.05, 4.69) is 62.6 Å². The summed E-state index contributed by atoms with van der Waals surface area (Å²) in [5.41, 5.74) is 9.56. The number of Topliss-reactive ketones (excluding diaryl/α,β-unsaturated/α-hetero) is 3. The van der Waals surface area contributed by atoms with Gasteiger partial charge in [0.05, 0.1) is 24.4 Å². The highest BCUT2D eigenvalue weighted by Crippen LogP contribution is 2.66. The van der Waals surface area contributed by atoms with E-state index in [9.17, 15) is 24.0 Å². The fraction of sp³-hybridized carbons (Fsp3) is 0.667. The number of benzene rings is 2. The number of hydrogen-bond acceptors (Lipinski definition) is 9. The molecule has 0 unspecified atom stereocenters. The molecule has 2 heterocycles. The Kier molecular flexibility index (Phi) is 17.0. The largest absolute Gasteiger partial charge is 0.461 e. The second-order valence-electron chi connectivity index (χ2n) is 20.1. The standard InChI is InChI=1S/C51H74BN3O8/c1-7-8-14-35-17-19-36(20-18-35)37-21-23-38(24-22-37)43(56)29-39(15-11-12-25-53)49(60)55-42-32-61-26-13-9-10-16-41(54-48(59)33(2)27-44(42)57)45(58)28-34(3)52-62-47-31-40-30-46(50(40,4)5)51(47,6)63-52/h17-24,33-34,39-42,46-47H,7-16,25-32,53H2,1-6H3,(H,54,59)(H,55,60)/t33-,34-,39-,40+,41+,42+,46+,47-,51+/m1/s1. The molecule has 5 aliphatic rings. The van der Waals surface area contributed by atoms with Gasteiger partial charge in [-0.15, -0.1) is 0 Å². The van der Waals surface area contributed by atoms with Crippen molar-refractivity contribution in [3.8, 4) is 11.1 Å². The first-order valence-corrected chi connectivity index (χ1v) is 24.1. The van der Waals surface area contributed by atoms with Crippen LogP contribution in [0.3, 0.4) is 0 Å². The number of carbonyl (C=O) groups excluding carboxylic acids is 5. The molecule has 9 atom stereocenters. The maximum Gasteiger partial charge on any atom is 0.461 e. The van der Waals surface area contributed by atoms with Gasteiger partial charge in [-0.3, -0.25) is 24.0 Å². The fourth-order valence-electron chi connectivity index (χ4n) is 10.6. The maximum absolute atomic E-state index is 14.0. The Labute approximate surface area is 376 Å². The van der Waals surface area contributed by atoms with Crippen molar-refractivity contribution >= 4 is 36.3 Å². The van der Waals surface area contributed by atoms with Crippen LogP contribution in [-0.2, 0) is 39.6 Å². The van der Waals surface area contributed by atoms with Crippen LogP contribution in [0.1, 0.15) is 147 Å². The van der Waals surface area contributed by atoms with E-state index in [4.69, 9.17) is 19.8 Å². The third-order valence-electron chi connectivity index (χ3n) is 15.0. The summed E-state index contributed by atoms with van der Waals surface area (Å²) in [4.78, 5) is 69.1. The minimum Gasteiger partial charge on any atom is -0.405 e. The Balaban J connectivity index is 1.05.